The summed E-state index contributed by atoms with van der Waals surface area (Å²) in [7, 11) is 0. The molecule has 1 saturated heterocycles. The van der Waals surface area contributed by atoms with Crippen LogP contribution >= 0.6 is 15.9 Å². The maximum absolute atomic E-state index is 13.3. The second kappa shape index (κ2) is 7.50. The minimum absolute atomic E-state index is 0.110. The Morgan fingerprint density at radius 3 is 2.75 bits per heavy atom. The Hall–Kier alpha value is -2.49. The number of carbonyl (C=O) groups excluding carboxylic acids is 1. The number of Topliss-reactive ketones (excluding diaryl/α,β-unsaturated/α-hetero) is 1. The molecule has 0 N–H and O–H groups in total. The van der Waals surface area contributed by atoms with Crippen LogP contribution in [0, 0.1) is 18.3 Å². The number of benzene rings is 1. The number of hydrogen-bond acceptors (Lipinski definition) is 4. The summed E-state index contributed by atoms with van der Waals surface area (Å²) in [5.41, 5.74) is 4.69. The lowest BCUT2D eigenvalue weighted by Crippen LogP contribution is -2.32. The number of aromatic nitrogens is 2. The molecule has 0 bridgehead atoms. The van der Waals surface area contributed by atoms with Gasteiger partial charge in [-0.2, -0.15) is 5.26 Å². The molecule has 6 heteroatoms. The second-order valence-electron chi connectivity index (χ2n) is 7.36. The highest BCUT2D eigenvalue weighted by Crippen LogP contribution is 2.31. The van der Waals surface area contributed by atoms with E-state index in [1.54, 1.807) is 18.3 Å². The van der Waals surface area contributed by atoms with Gasteiger partial charge in [0.2, 0.25) is 0 Å². The molecule has 28 heavy (non-hydrogen) atoms. The number of ketones is 1. The molecule has 4 rings (SSSR count). The zero-order valence-electron chi connectivity index (χ0n) is 15.9. The van der Waals surface area contributed by atoms with Crippen molar-refractivity contribution in [3.63, 3.8) is 0 Å². The van der Waals surface area contributed by atoms with E-state index in [4.69, 9.17) is 5.26 Å². The van der Waals surface area contributed by atoms with Gasteiger partial charge in [-0.25, -0.2) is 0 Å². The van der Waals surface area contributed by atoms with E-state index in [1.165, 1.54) is 0 Å². The van der Waals surface area contributed by atoms with Crippen LogP contribution in [0.3, 0.4) is 0 Å². The third-order valence-corrected chi connectivity index (χ3v) is 6.01. The highest BCUT2D eigenvalue weighted by molar-refractivity contribution is 9.10. The summed E-state index contributed by atoms with van der Waals surface area (Å²) in [6.45, 7) is 5.54. The third kappa shape index (κ3) is 3.25. The molecule has 3 aromatic rings. The van der Waals surface area contributed by atoms with E-state index >= 15 is 0 Å². The summed E-state index contributed by atoms with van der Waals surface area (Å²) in [6.07, 6.45) is 4.02. The molecular formula is C22H21BrN4O. The first kappa shape index (κ1) is 18.9. The largest absolute Gasteiger partial charge is 0.311 e. The van der Waals surface area contributed by atoms with Gasteiger partial charge in [0.15, 0.2) is 5.78 Å². The molecule has 0 radical (unpaired) electrons. The molecule has 2 aromatic heterocycles. The van der Waals surface area contributed by atoms with Crippen molar-refractivity contribution >= 4 is 32.7 Å². The smallest absolute Gasteiger partial charge is 0.180 e. The van der Waals surface area contributed by atoms with Crippen molar-refractivity contribution in [1.82, 2.24) is 14.5 Å². The van der Waals surface area contributed by atoms with Crippen molar-refractivity contribution in [2.45, 2.75) is 32.7 Å². The fourth-order valence-corrected chi connectivity index (χ4v) is 4.42. The molecule has 1 fully saturated rings. The molecule has 0 amide bonds. The van der Waals surface area contributed by atoms with Crippen LogP contribution in [-0.2, 0) is 0 Å². The van der Waals surface area contributed by atoms with Crippen molar-refractivity contribution < 1.29 is 4.79 Å². The Balaban J connectivity index is 1.84. The van der Waals surface area contributed by atoms with Crippen LogP contribution in [0.2, 0.25) is 0 Å². The van der Waals surface area contributed by atoms with Crippen LogP contribution in [0.15, 0.2) is 41.0 Å². The van der Waals surface area contributed by atoms with Crippen molar-refractivity contribution in [3.05, 3.63) is 57.8 Å². The first-order chi connectivity index (χ1) is 13.5. The molecule has 142 valence electrons. The van der Waals surface area contributed by atoms with Crippen molar-refractivity contribution in [2.75, 3.05) is 13.1 Å². The lowest BCUT2D eigenvalue weighted by Gasteiger charge is -2.19. The second-order valence-corrected chi connectivity index (χ2v) is 8.28. The summed E-state index contributed by atoms with van der Waals surface area (Å²) in [5, 5.41) is 9.07. The molecule has 1 aliphatic heterocycles. The normalized spacial score (nSPS) is 17.1. The summed E-state index contributed by atoms with van der Waals surface area (Å²) >= 11 is 3.50. The van der Waals surface area contributed by atoms with E-state index in [2.05, 4.69) is 43.4 Å². The van der Waals surface area contributed by atoms with E-state index in [-0.39, 0.29) is 5.78 Å². The fraction of sp³-hybridized carbons (Fsp3) is 0.318. The molecule has 0 aliphatic carbocycles. The minimum atomic E-state index is 0.110. The average molecular weight is 437 g/mol. The van der Waals surface area contributed by atoms with Gasteiger partial charge < -0.3 is 4.57 Å². The molecule has 0 spiro atoms. The maximum Gasteiger partial charge on any atom is 0.180 e. The molecule has 1 unspecified atom stereocenters. The van der Waals surface area contributed by atoms with Gasteiger partial charge in [-0.3, -0.25) is 14.7 Å². The molecule has 3 heterocycles. The number of hydrogen-bond donors (Lipinski definition) is 0. The lowest BCUT2D eigenvalue weighted by atomic mass is 10.1. The third-order valence-electron chi connectivity index (χ3n) is 5.58. The van der Waals surface area contributed by atoms with Gasteiger partial charge in [-0.1, -0.05) is 0 Å². The Bertz CT molecular complexity index is 1090. The summed E-state index contributed by atoms with van der Waals surface area (Å²) in [4.78, 5) is 20.1. The number of nitrogens with zero attached hydrogens (tertiary/aromatic N) is 4. The van der Waals surface area contributed by atoms with E-state index in [1.807, 2.05) is 25.1 Å². The number of likely N-dealkylation sites (tertiary alicyclic amines) is 1. The molecule has 1 aliphatic rings. The number of nitriles is 1. The molecule has 0 saturated carbocycles. The van der Waals surface area contributed by atoms with Crippen LogP contribution in [0.5, 0.6) is 0 Å². The zero-order valence-corrected chi connectivity index (χ0v) is 17.5. The van der Waals surface area contributed by atoms with Crippen LogP contribution in [0.25, 0.3) is 16.7 Å². The first-order valence-corrected chi connectivity index (χ1v) is 10.2. The number of fused-ring (bicyclic) bond motifs is 1. The van der Waals surface area contributed by atoms with Gasteiger partial charge in [-0.05, 0) is 79.5 Å². The number of rotatable bonds is 4. The summed E-state index contributed by atoms with van der Waals surface area (Å²) < 4.78 is 2.91. The molecule has 5 nitrogen and oxygen atoms in total. The van der Waals surface area contributed by atoms with Gasteiger partial charge in [0, 0.05) is 28.1 Å². The SMILES string of the molecule is Cc1c(C(=O)CN2CCCC2C)c2ncc(Br)cc2n1-c1ccc(C#N)cc1. The Kier molecular flexibility index (Phi) is 5.05. The first-order valence-electron chi connectivity index (χ1n) is 9.44. The van der Waals surface area contributed by atoms with Crippen LogP contribution in [0.1, 0.15) is 41.4 Å². The zero-order chi connectivity index (χ0) is 19.8. The summed E-state index contributed by atoms with van der Waals surface area (Å²) in [6, 6.07) is 12.0. The van der Waals surface area contributed by atoms with Gasteiger partial charge in [0.05, 0.1) is 34.8 Å². The van der Waals surface area contributed by atoms with Crippen molar-refractivity contribution in [2.24, 2.45) is 0 Å². The average Bonchev–Trinajstić information content (AvgIpc) is 3.21. The molecule has 1 atom stereocenters. The van der Waals surface area contributed by atoms with Gasteiger partial charge in [-0.15, -0.1) is 0 Å². The number of carbonyl (C=O) groups is 1. The Morgan fingerprint density at radius 2 is 2.11 bits per heavy atom. The minimum Gasteiger partial charge on any atom is -0.311 e. The van der Waals surface area contributed by atoms with Crippen molar-refractivity contribution in [1.29, 1.82) is 5.26 Å². The fourth-order valence-electron chi connectivity index (χ4n) is 4.10. The van der Waals surface area contributed by atoms with Crippen molar-refractivity contribution in [3.8, 4) is 11.8 Å². The molecular weight excluding hydrogens is 416 g/mol. The number of pyridine rings is 1. The predicted octanol–water partition coefficient (Wildman–Crippen LogP) is 4.64. The van der Waals surface area contributed by atoms with E-state index in [9.17, 15) is 4.79 Å². The highest BCUT2D eigenvalue weighted by Gasteiger charge is 2.27. The number of halogens is 1. The maximum atomic E-state index is 13.3. The standard InChI is InChI=1S/C22H21BrN4O/c1-14-4-3-9-26(14)13-20(28)21-15(2)27(18-7-5-16(11-24)6-8-18)19-10-17(23)12-25-22(19)21/h5-8,10,12,14H,3-4,9,13H2,1-2H3. The van der Waals surface area contributed by atoms with E-state index in [0.717, 1.165) is 46.3 Å². The lowest BCUT2D eigenvalue weighted by molar-refractivity contribution is 0.0927. The highest BCUT2D eigenvalue weighted by atomic mass is 79.9. The van der Waals surface area contributed by atoms with E-state index in [0.29, 0.717) is 23.7 Å². The van der Waals surface area contributed by atoms with Crippen LogP contribution in [0.4, 0.5) is 0 Å². The Labute approximate surface area is 172 Å². The van der Waals surface area contributed by atoms with Gasteiger partial charge in [0.1, 0.15) is 0 Å². The Morgan fingerprint density at radius 1 is 1.36 bits per heavy atom. The summed E-state index contributed by atoms with van der Waals surface area (Å²) in [5.74, 6) is 0.110. The monoisotopic (exact) mass is 436 g/mol. The van der Waals surface area contributed by atoms with E-state index < -0.39 is 0 Å². The molecule has 1 aromatic carbocycles. The topological polar surface area (TPSA) is 61.9 Å². The van der Waals surface area contributed by atoms with Gasteiger partial charge in [0.25, 0.3) is 0 Å². The van der Waals surface area contributed by atoms with Crippen LogP contribution < -0.4 is 0 Å². The quantitative estimate of drug-likeness (QED) is 0.559. The predicted molar refractivity (Wildman–Crippen MR) is 113 cm³/mol. The van der Waals surface area contributed by atoms with Gasteiger partial charge >= 0.3 is 0 Å². The van der Waals surface area contributed by atoms with Crippen LogP contribution in [-0.4, -0.2) is 39.4 Å².